The second-order valence-electron chi connectivity index (χ2n) is 6.58. The monoisotopic (exact) mass is 397 g/mol. The SMILES string of the molecule is COC1(OC)CCN(c2ccc(N3C[C@@H](CN=[N+]=[N-])OC3=O)cc2)CC1(F)F. The van der Waals surface area contributed by atoms with Crippen LogP contribution in [0.1, 0.15) is 6.42 Å². The molecule has 0 bridgehead atoms. The second kappa shape index (κ2) is 7.78. The Morgan fingerprint density at radius 1 is 1.29 bits per heavy atom. The van der Waals surface area contributed by atoms with Crippen LogP contribution >= 0.6 is 0 Å². The fourth-order valence-electron chi connectivity index (χ4n) is 3.51. The Bertz CT molecular complexity index is 765. The van der Waals surface area contributed by atoms with E-state index in [2.05, 4.69) is 10.0 Å². The van der Waals surface area contributed by atoms with Crippen molar-refractivity contribution in [1.29, 1.82) is 0 Å². The van der Waals surface area contributed by atoms with Crippen molar-refractivity contribution in [1.82, 2.24) is 0 Å². The first kappa shape index (κ1) is 20.1. The Hall–Kier alpha value is -2.62. The van der Waals surface area contributed by atoms with Crippen molar-refractivity contribution >= 4 is 17.5 Å². The Morgan fingerprint density at radius 3 is 2.50 bits per heavy atom. The maximum Gasteiger partial charge on any atom is 0.414 e. The molecule has 1 aromatic rings. The molecule has 28 heavy (non-hydrogen) atoms. The predicted octanol–water partition coefficient (Wildman–Crippen LogP) is 3.16. The van der Waals surface area contributed by atoms with Gasteiger partial charge >= 0.3 is 12.0 Å². The maximum atomic E-state index is 14.6. The molecule has 3 rings (SSSR count). The molecule has 2 aliphatic rings. The Kier molecular flexibility index (Phi) is 5.59. The van der Waals surface area contributed by atoms with E-state index >= 15 is 0 Å². The zero-order chi connectivity index (χ0) is 20.4. The Balaban J connectivity index is 1.70. The summed E-state index contributed by atoms with van der Waals surface area (Å²) in [5.74, 6) is -5.12. The van der Waals surface area contributed by atoms with Crippen LogP contribution in [0, 0.1) is 0 Å². The number of hydrogen-bond donors (Lipinski definition) is 0. The van der Waals surface area contributed by atoms with E-state index in [4.69, 9.17) is 19.7 Å². The minimum Gasteiger partial charge on any atom is -0.444 e. The van der Waals surface area contributed by atoms with Crippen LogP contribution in [-0.4, -0.2) is 64.3 Å². The quantitative estimate of drug-likeness (QED) is 0.318. The lowest BCUT2D eigenvalue weighted by atomic mass is 9.98. The van der Waals surface area contributed by atoms with Crippen molar-refractivity contribution < 1.29 is 27.8 Å². The highest BCUT2D eigenvalue weighted by Gasteiger charge is 2.58. The molecule has 1 aromatic carbocycles. The van der Waals surface area contributed by atoms with Crippen molar-refractivity contribution in [2.45, 2.75) is 24.2 Å². The summed E-state index contributed by atoms with van der Waals surface area (Å²) < 4.78 is 44.3. The van der Waals surface area contributed by atoms with E-state index in [1.165, 1.54) is 19.1 Å². The van der Waals surface area contributed by atoms with Gasteiger partial charge < -0.3 is 19.1 Å². The number of azide groups is 1. The minimum absolute atomic E-state index is 0.00823. The van der Waals surface area contributed by atoms with Crippen molar-refractivity contribution in [2.75, 3.05) is 50.2 Å². The highest BCUT2D eigenvalue weighted by atomic mass is 19.3. The van der Waals surface area contributed by atoms with Gasteiger partial charge in [0.1, 0.15) is 6.10 Å². The molecule has 2 fully saturated rings. The van der Waals surface area contributed by atoms with Gasteiger partial charge in [0, 0.05) is 43.5 Å². The van der Waals surface area contributed by atoms with Crippen LogP contribution in [0.5, 0.6) is 0 Å². The molecule has 152 valence electrons. The minimum atomic E-state index is -3.19. The van der Waals surface area contributed by atoms with E-state index in [1.807, 2.05) is 0 Å². The summed E-state index contributed by atoms with van der Waals surface area (Å²) in [6, 6.07) is 6.68. The van der Waals surface area contributed by atoms with Crippen molar-refractivity contribution in [3.8, 4) is 0 Å². The molecule has 0 saturated carbocycles. The van der Waals surface area contributed by atoms with E-state index in [9.17, 15) is 13.6 Å². The third-order valence-electron chi connectivity index (χ3n) is 5.07. The summed E-state index contributed by atoms with van der Waals surface area (Å²) >= 11 is 0. The van der Waals surface area contributed by atoms with Gasteiger partial charge in [-0.3, -0.25) is 4.90 Å². The standard InChI is InChI=1S/C17H21F2N5O4/c1-26-17(27-2)7-8-23(11-16(17,18)19)12-3-5-13(6-4-12)24-10-14(9-21-22-20)28-15(24)25/h3-6,14H,7-11H2,1-2H3/t14-/m1/s1. The average molecular weight is 397 g/mol. The number of carbonyl (C=O) groups is 1. The first-order valence-corrected chi connectivity index (χ1v) is 8.68. The van der Waals surface area contributed by atoms with Gasteiger partial charge in [-0.2, -0.15) is 8.78 Å². The number of halogens is 2. The number of methoxy groups -OCH3 is 2. The normalized spacial score (nSPS) is 23.3. The lowest BCUT2D eigenvalue weighted by molar-refractivity contribution is -0.324. The van der Waals surface area contributed by atoms with E-state index in [0.29, 0.717) is 17.9 Å². The summed E-state index contributed by atoms with van der Waals surface area (Å²) in [7, 11) is 2.43. The second-order valence-corrected chi connectivity index (χ2v) is 6.58. The number of amides is 1. The molecular weight excluding hydrogens is 376 g/mol. The van der Waals surface area contributed by atoms with Crippen molar-refractivity contribution in [3.05, 3.63) is 34.7 Å². The number of ether oxygens (including phenoxy) is 3. The Morgan fingerprint density at radius 2 is 1.93 bits per heavy atom. The fourth-order valence-corrected chi connectivity index (χ4v) is 3.51. The highest BCUT2D eigenvalue weighted by molar-refractivity contribution is 5.90. The smallest absolute Gasteiger partial charge is 0.414 e. The van der Waals surface area contributed by atoms with Gasteiger partial charge in [0.05, 0.1) is 19.6 Å². The number of cyclic esters (lactones) is 1. The molecule has 0 N–H and O–H groups in total. The molecule has 1 atom stereocenters. The van der Waals surface area contributed by atoms with Crippen LogP contribution in [0.2, 0.25) is 0 Å². The van der Waals surface area contributed by atoms with Crippen LogP contribution in [0.25, 0.3) is 10.4 Å². The molecule has 0 aromatic heterocycles. The van der Waals surface area contributed by atoms with Gasteiger partial charge in [0.2, 0.25) is 5.79 Å². The van der Waals surface area contributed by atoms with Gasteiger partial charge in [0.25, 0.3) is 0 Å². The molecule has 2 heterocycles. The number of alkyl halides is 2. The number of piperidine rings is 1. The summed E-state index contributed by atoms with van der Waals surface area (Å²) in [4.78, 5) is 17.6. The lowest BCUT2D eigenvalue weighted by Gasteiger charge is -2.45. The van der Waals surface area contributed by atoms with Gasteiger partial charge in [-0.05, 0) is 29.8 Å². The van der Waals surface area contributed by atoms with Crippen molar-refractivity contribution in [2.24, 2.45) is 5.11 Å². The van der Waals surface area contributed by atoms with Crippen LogP contribution < -0.4 is 9.80 Å². The summed E-state index contributed by atoms with van der Waals surface area (Å²) in [6.07, 6.45) is -1.05. The molecule has 9 nitrogen and oxygen atoms in total. The zero-order valence-corrected chi connectivity index (χ0v) is 15.5. The first-order chi connectivity index (χ1) is 13.4. The van der Waals surface area contributed by atoms with E-state index in [1.54, 1.807) is 29.2 Å². The molecule has 0 radical (unpaired) electrons. The third-order valence-corrected chi connectivity index (χ3v) is 5.07. The number of rotatable bonds is 6. The molecular formula is C17H21F2N5O4. The van der Waals surface area contributed by atoms with Crippen LogP contribution in [0.3, 0.4) is 0 Å². The number of anilines is 2. The molecule has 0 aliphatic carbocycles. The molecule has 11 heteroatoms. The molecule has 0 spiro atoms. The van der Waals surface area contributed by atoms with Gasteiger partial charge in [-0.15, -0.1) is 0 Å². The van der Waals surface area contributed by atoms with Crippen LogP contribution in [0.4, 0.5) is 25.0 Å². The van der Waals surface area contributed by atoms with Crippen LogP contribution in [0.15, 0.2) is 29.4 Å². The lowest BCUT2D eigenvalue weighted by Crippen LogP contribution is -2.62. The van der Waals surface area contributed by atoms with E-state index in [0.717, 1.165) is 0 Å². The maximum absolute atomic E-state index is 14.6. The number of nitrogens with zero attached hydrogens (tertiary/aromatic N) is 5. The third kappa shape index (κ3) is 3.56. The van der Waals surface area contributed by atoms with Gasteiger partial charge in [-0.25, -0.2) is 4.79 Å². The zero-order valence-electron chi connectivity index (χ0n) is 15.5. The Labute approximate surface area is 160 Å². The fraction of sp³-hybridized carbons (Fsp3) is 0.588. The average Bonchev–Trinajstić information content (AvgIpc) is 3.06. The highest BCUT2D eigenvalue weighted by Crippen LogP contribution is 2.41. The number of carbonyl (C=O) groups excluding carboxylic acids is 1. The van der Waals surface area contributed by atoms with Crippen molar-refractivity contribution in [3.63, 3.8) is 0 Å². The van der Waals surface area contributed by atoms with E-state index < -0.39 is 30.5 Å². The molecule has 1 amide bonds. The number of hydrogen-bond acceptors (Lipinski definition) is 6. The predicted molar refractivity (Wildman–Crippen MR) is 96.6 cm³/mol. The molecule has 2 saturated heterocycles. The van der Waals surface area contributed by atoms with E-state index in [-0.39, 0.29) is 19.5 Å². The molecule has 0 unspecified atom stereocenters. The summed E-state index contributed by atoms with van der Waals surface area (Å²) in [6.45, 7) is 0.0915. The van der Waals surface area contributed by atoms with Crippen LogP contribution in [-0.2, 0) is 14.2 Å². The van der Waals surface area contributed by atoms with Gasteiger partial charge in [0.15, 0.2) is 0 Å². The topological polar surface area (TPSA) is 100 Å². The summed E-state index contributed by atoms with van der Waals surface area (Å²) in [5.41, 5.74) is 9.53. The summed E-state index contributed by atoms with van der Waals surface area (Å²) in [5, 5.41) is 3.41. The van der Waals surface area contributed by atoms with Gasteiger partial charge in [-0.1, -0.05) is 5.11 Å². The molecule has 2 aliphatic heterocycles. The number of benzene rings is 1. The largest absolute Gasteiger partial charge is 0.444 e. The first-order valence-electron chi connectivity index (χ1n) is 8.68.